The monoisotopic (exact) mass is 374 g/mol. The second-order valence-corrected chi connectivity index (χ2v) is 5.59. The molecule has 2 aromatic carbocycles. The number of hydrogen-bond donors (Lipinski definition) is 1. The van der Waals surface area contributed by atoms with E-state index >= 15 is 0 Å². The van der Waals surface area contributed by atoms with Gasteiger partial charge in [-0.15, -0.1) is 24.8 Å². The van der Waals surface area contributed by atoms with Crippen LogP contribution < -0.4 is 10.1 Å². The molecule has 1 saturated heterocycles. The number of hydrogen-bond acceptors (Lipinski definition) is 3. The molecule has 1 heterocycles. The van der Waals surface area contributed by atoms with Crippen LogP contribution in [0.5, 0.6) is 5.75 Å². The van der Waals surface area contributed by atoms with E-state index in [1.165, 1.54) is 0 Å². The van der Waals surface area contributed by atoms with E-state index in [0.29, 0.717) is 6.61 Å². The van der Waals surface area contributed by atoms with Crippen molar-refractivity contribution in [2.45, 2.75) is 13.0 Å². The maximum Gasteiger partial charge on any atom is 0.124 e. The Labute approximate surface area is 155 Å². The van der Waals surface area contributed by atoms with Gasteiger partial charge in [0.1, 0.15) is 12.4 Å². The Balaban J connectivity index is 0.00000144. The summed E-state index contributed by atoms with van der Waals surface area (Å²) in [6.45, 7) is 5.71. The summed E-state index contributed by atoms with van der Waals surface area (Å²) in [4.78, 5) is 2.22. The van der Waals surface area contributed by atoms with Crippen LogP contribution in [0, 0.1) is 0 Å². The summed E-state index contributed by atoms with van der Waals surface area (Å²) in [7, 11) is 0. The average molecular weight is 375 g/mol. The third-order valence-corrected chi connectivity index (χ3v) is 4.30. The van der Waals surface area contributed by atoms with Crippen molar-refractivity contribution >= 4 is 35.6 Å². The van der Waals surface area contributed by atoms with Crippen molar-refractivity contribution in [2.24, 2.45) is 0 Å². The van der Waals surface area contributed by atoms with Crippen molar-refractivity contribution in [3.8, 4) is 5.75 Å². The maximum absolute atomic E-state index is 14.0. The summed E-state index contributed by atoms with van der Waals surface area (Å²) >= 11 is 0. The highest BCUT2D eigenvalue weighted by atomic mass is 35.5. The first kappa shape index (κ1) is 21.0. The molecule has 3 rings (SSSR count). The lowest BCUT2D eigenvalue weighted by molar-refractivity contribution is 0.145. The molecule has 24 heavy (non-hydrogen) atoms. The Hall–Kier alpha value is -1.07. The largest absolute Gasteiger partial charge is 0.494 e. The molecule has 0 saturated carbocycles. The van der Waals surface area contributed by atoms with E-state index in [9.17, 15) is 4.39 Å². The zero-order chi connectivity index (χ0) is 15.4. The lowest BCUT2D eigenvalue weighted by Crippen LogP contribution is -2.45. The van der Waals surface area contributed by atoms with Gasteiger partial charge in [0.15, 0.2) is 0 Å². The molecule has 1 N–H and O–H groups in total. The van der Waals surface area contributed by atoms with E-state index < -0.39 is 6.67 Å². The minimum absolute atomic E-state index is 0. The number of benzene rings is 2. The summed E-state index contributed by atoms with van der Waals surface area (Å²) in [5.41, 5.74) is 0.990. The van der Waals surface area contributed by atoms with Crippen LogP contribution in [0.2, 0.25) is 0 Å². The number of nitrogens with one attached hydrogen (secondary N) is 1. The molecule has 0 bridgehead atoms. The van der Waals surface area contributed by atoms with Gasteiger partial charge in [0.2, 0.25) is 0 Å². The molecule has 1 aliphatic rings. The van der Waals surface area contributed by atoms with Gasteiger partial charge in [-0.2, -0.15) is 0 Å². The van der Waals surface area contributed by atoms with Crippen LogP contribution in [0.1, 0.15) is 18.5 Å². The normalized spacial score (nSPS) is 16.1. The smallest absolute Gasteiger partial charge is 0.124 e. The van der Waals surface area contributed by atoms with Crippen molar-refractivity contribution in [1.29, 1.82) is 0 Å². The van der Waals surface area contributed by atoms with Crippen molar-refractivity contribution in [1.82, 2.24) is 10.2 Å². The van der Waals surface area contributed by atoms with Crippen molar-refractivity contribution in [3.63, 3.8) is 0 Å². The molecular formula is C18H25Cl2FN2O. The van der Waals surface area contributed by atoms with Crippen molar-refractivity contribution < 1.29 is 9.13 Å². The number of ether oxygens (including phenoxy) is 1. The van der Waals surface area contributed by atoms with Gasteiger partial charge >= 0.3 is 0 Å². The van der Waals surface area contributed by atoms with Gasteiger partial charge in [-0.25, -0.2) is 4.39 Å². The molecule has 6 heteroatoms. The van der Waals surface area contributed by atoms with Gasteiger partial charge in [0.25, 0.3) is 0 Å². The van der Waals surface area contributed by atoms with Crippen LogP contribution in [-0.2, 0) is 0 Å². The highest BCUT2D eigenvalue weighted by Crippen LogP contribution is 2.36. The Morgan fingerprint density at radius 1 is 1.12 bits per heavy atom. The van der Waals surface area contributed by atoms with Gasteiger partial charge < -0.3 is 10.1 Å². The molecule has 0 spiro atoms. The third-order valence-electron chi connectivity index (χ3n) is 4.30. The molecule has 0 amide bonds. The Bertz CT molecular complexity index is 635. The maximum atomic E-state index is 14.0. The van der Waals surface area contributed by atoms with Gasteiger partial charge in [-0.1, -0.05) is 30.3 Å². The predicted octanol–water partition coefficient (Wildman–Crippen LogP) is 4.00. The summed E-state index contributed by atoms with van der Waals surface area (Å²) in [6.07, 6.45) is 0. The number of nitrogens with zero attached hydrogens (tertiary/aromatic N) is 1. The second-order valence-electron chi connectivity index (χ2n) is 5.59. The van der Waals surface area contributed by atoms with Gasteiger partial charge in [-0.3, -0.25) is 4.90 Å². The molecule has 1 fully saturated rings. The summed E-state index contributed by atoms with van der Waals surface area (Å²) in [6, 6.07) is 12.0. The summed E-state index contributed by atoms with van der Waals surface area (Å²) < 4.78 is 19.8. The van der Waals surface area contributed by atoms with Gasteiger partial charge in [0.05, 0.1) is 12.6 Å². The molecule has 3 nitrogen and oxygen atoms in total. The van der Waals surface area contributed by atoms with Crippen LogP contribution in [0.4, 0.5) is 4.39 Å². The number of alkyl halides is 1. The highest BCUT2D eigenvalue weighted by molar-refractivity contribution is 5.88. The Morgan fingerprint density at radius 2 is 1.83 bits per heavy atom. The quantitative estimate of drug-likeness (QED) is 0.855. The first-order chi connectivity index (χ1) is 10.8. The molecular weight excluding hydrogens is 350 g/mol. The average Bonchev–Trinajstić information content (AvgIpc) is 2.58. The molecule has 0 aliphatic carbocycles. The van der Waals surface area contributed by atoms with E-state index in [1.54, 1.807) is 0 Å². The predicted molar refractivity (Wildman–Crippen MR) is 103 cm³/mol. The highest BCUT2D eigenvalue weighted by Gasteiger charge is 2.26. The van der Waals surface area contributed by atoms with Crippen LogP contribution >= 0.6 is 24.8 Å². The molecule has 1 aliphatic heterocycles. The number of rotatable bonds is 5. The fourth-order valence-corrected chi connectivity index (χ4v) is 3.25. The third kappa shape index (κ3) is 4.31. The minimum Gasteiger partial charge on any atom is -0.494 e. The zero-order valence-corrected chi connectivity index (χ0v) is 15.5. The van der Waals surface area contributed by atoms with Gasteiger partial charge in [0, 0.05) is 31.7 Å². The van der Waals surface area contributed by atoms with Crippen molar-refractivity contribution in [3.05, 3.63) is 42.0 Å². The number of halogens is 3. The molecule has 2 aromatic rings. The van der Waals surface area contributed by atoms with E-state index in [0.717, 1.165) is 48.3 Å². The van der Waals surface area contributed by atoms with E-state index in [-0.39, 0.29) is 30.9 Å². The van der Waals surface area contributed by atoms with Gasteiger partial charge in [-0.05, 0) is 23.8 Å². The van der Waals surface area contributed by atoms with Crippen LogP contribution in [0.3, 0.4) is 0 Å². The summed E-state index contributed by atoms with van der Waals surface area (Å²) in [5, 5.41) is 5.55. The minimum atomic E-state index is -0.395. The van der Waals surface area contributed by atoms with Crippen molar-refractivity contribution in [2.75, 3.05) is 39.5 Å². The Morgan fingerprint density at radius 3 is 2.50 bits per heavy atom. The SMILES string of the molecule is CCOc1ccc2ccccc2c1[C@@H](CF)N1CCNCC1.Cl.Cl. The lowest BCUT2D eigenvalue weighted by atomic mass is 9.96. The molecule has 1 atom stereocenters. The fraction of sp³-hybridized carbons (Fsp3) is 0.444. The number of piperazine rings is 1. The first-order valence-corrected chi connectivity index (χ1v) is 8.00. The Kier molecular flexibility index (Phi) is 8.78. The lowest BCUT2D eigenvalue weighted by Gasteiger charge is -2.35. The molecule has 0 unspecified atom stereocenters. The fourth-order valence-electron chi connectivity index (χ4n) is 3.25. The number of fused-ring (bicyclic) bond motifs is 1. The molecule has 0 aromatic heterocycles. The standard InChI is InChI=1S/C18H23FN2O.2ClH/c1-2-22-17-8-7-14-5-3-4-6-15(14)18(17)16(13-19)21-11-9-20-10-12-21;;/h3-8,16,20H,2,9-13H2,1H3;2*1H/t16-;;/m1../s1. The zero-order valence-electron chi connectivity index (χ0n) is 13.8. The van der Waals surface area contributed by atoms with E-state index in [1.807, 2.05) is 25.1 Å². The van der Waals surface area contributed by atoms with E-state index in [4.69, 9.17) is 4.74 Å². The second kappa shape index (κ2) is 10.0. The molecule has 134 valence electrons. The topological polar surface area (TPSA) is 24.5 Å². The van der Waals surface area contributed by atoms with Crippen LogP contribution in [0.15, 0.2) is 36.4 Å². The van der Waals surface area contributed by atoms with Crippen LogP contribution in [0.25, 0.3) is 10.8 Å². The van der Waals surface area contributed by atoms with Crippen LogP contribution in [-0.4, -0.2) is 44.4 Å². The van der Waals surface area contributed by atoms with E-state index in [2.05, 4.69) is 28.4 Å². The first-order valence-electron chi connectivity index (χ1n) is 8.00. The molecule has 0 radical (unpaired) electrons. The summed E-state index contributed by atoms with van der Waals surface area (Å²) in [5.74, 6) is 0.808.